The van der Waals surface area contributed by atoms with E-state index in [9.17, 15) is 0 Å². The minimum Gasteiger partial charge on any atom is -0.206 e. The average molecular weight is 835 g/mol. The number of benzene rings is 3. The molecule has 4 nitrogen and oxygen atoms in total. The van der Waals surface area contributed by atoms with E-state index >= 15 is 17.6 Å². The molecule has 0 N–H and O–H groups in total. The van der Waals surface area contributed by atoms with E-state index in [4.69, 9.17) is 0 Å². The molecule has 0 bridgehead atoms. The monoisotopic (exact) mass is 834 g/mol. The Morgan fingerprint density at radius 2 is 0.893 bits per heavy atom. The maximum Gasteiger partial charge on any atom is 0.135 e. The van der Waals surface area contributed by atoms with Crippen LogP contribution in [0.4, 0.5) is 28.9 Å². The van der Waals surface area contributed by atoms with Gasteiger partial charge in [0, 0.05) is 30.6 Å². The third-order valence-corrected chi connectivity index (χ3v) is 14.4. The summed E-state index contributed by atoms with van der Waals surface area (Å²) in [5, 5.41) is 0. The summed E-state index contributed by atoms with van der Waals surface area (Å²) < 4.78 is 81.3. The van der Waals surface area contributed by atoms with Gasteiger partial charge < -0.3 is 0 Å². The van der Waals surface area contributed by atoms with Crippen molar-refractivity contribution in [2.45, 2.75) is 105 Å². The van der Waals surface area contributed by atoms with Crippen LogP contribution in [0.5, 0.6) is 0 Å². The van der Waals surface area contributed by atoms with Gasteiger partial charge in [-0.3, -0.25) is 0 Å². The number of halogens is 4. The first-order valence-electron chi connectivity index (χ1n) is 19.8. The molecule has 0 saturated carbocycles. The fourth-order valence-corrected chi connectivity index (χ4v) is 11.1. The van der Waals surface area contributed by atoms with Crippen molar-refractivity contribution in [1.29, 1.82) is 0 Å². The lowest BCUT2D eigenvalue weighted by molar-refractivity contribution is 0.421. The van der Waals surface area contributed by atoms with Gasteiger partial charge in [-0.2, -0.15) is 17.5 Å². The summed E-state index contributed by atoms with van der Waals surface area (Å²) in [7, 11) is 0. The number of rotatable bonds is 18. The van der Waals surface area contributed by atoms with Gasteiger partial charge in [-0.15, -0.1) is 22.7 Å². The highest BCUT2D eigenvalue weighted by Gasteiger charge is 2.29. The van der Waals surface area contributed by atoms with Gasteiger partial charge in [-0.05, 0) is 97.2 Å². The maximum absolute atomic E-state index is 15.7. The van der Waals surface area contributed by atoms with Gasteiger partial charge >= 0.3 is 0 Å². The van der Waals surface area contributed by atoms with Crippen LogP contribution in [0.3, 0.4) is 0 Å². The molecule has 3 aromatic heterocycles. The SMILES string of the molecule is CCCCC(CC)CCc1cc(F)c(-c2ccc(-c3c4c(c(-c5ccc(-c6c(F)cc(CCC(CC)CCCC)cc6F)s5)c5nsnc35)N=S=N4)s2)c(F)c1. The lowest BCUT2D eigenvalue weighted by Gasteiger charge is -2.14. The van der Waals surface area contributed by atoms with Crippen molar-refractivity contribution in [3.05, 3.63) is 82.9 Å². The van der Waals surface area contributed by atoms with Crippen molar-refractivity contribution >= 4 is 68.2 Å². The molecule has 6 aromatic rings. The third-order valence-electron chi connectivity index (χ3n) is 11.1. The second-order valence-corrected chi connectivity index (χ2v) is 18.0. The molecule has 56 heavy (non-hydrogen) atoms. The molecule has 2 atom stereocenters. The lowest BCUT2D eigenvalue weighted by atomic mass is 9.92. The summed E-state index contributed by atoms with van der Waals surface area (Å²) >= 11 is 4.63. The van der Waals surface area contributed by atoms with Crippen molar-refractivity contribution in [3.8, 4) is 41.8 Å². The van der Waals surface area contributed by atoms with Gasteiger partial charge in [0.15, 0.2) is 0 Å². The zero-order valence-corrected chi connectivity index (χ0v) is 35.5. The Kier molecular flexibility index (Phi) is 13.3. The molecule has 0 radical (unpaired) electrons. The molecular weight excluding hydrogens is 789 g/mol. The van der Waals surface area contributed by atoms with E-state index in [0.29, 0.717) is 79.1 Å². The van der Waals surface area contributed by atoms with Gasteiger partial charge in [-0.25, -0.2) is 17.6 Å². The molecule has 4 heterocycles. The highest BCUT2D eigenvalue weighted by atomic mass is 32.1. The van der Waals surface area contributed by atoms with E-state index < -0.39 is 23.3 Å². The van der Waals surface area contributed by atoms with Crippen molar-refractivity contribution in [3.63, 3.8) is 0 Å². The number of hydrogen-bond acceptors (Lipinski definition) is 7. The molecule has 0 spiro atoms. The first kappa shape index (κ1) is 40.6. The van der Waals surface area contributed by atoms with Gasteiger partial charge in [-0.1, -0.05) is 79.1 Å². The van der Waals surface area contributed by atoms with E-state index in [1.54, 1.807) is 12.1 Å². The summed E-state index contributed by atoms with van der Waals surface area (Å²) in [5.74, 6) is -1.20. The van der Waals surface area contributed by atoms with Crippen LogP contribution >= 0.6 is 34.4 Å². The zero-order valence-electron chi connectivity index (χ0n) is 32.2. The number of fused-ring (bicyclic) bond motifs is 2. The first-order valence-corrected chi connectivity index (χ1v) is 22.9. The average Bonchev–Trinajstić information content (AvgIpc) is 4.02. The quantitative estimate of drug-likeness (QED) is 0.0809. The predicted molar refractivity (Wildman–Crippen MR) is 230 cm³/mol. The Morgan fingerprint density at radius 1 is 0.518 bits per heavy atom. The molecule has 0 saturated heterocycles. The Bertz CT molecular complexity index is 2200. The number of aryl methyl sites for hydroxylation is 2. The Balaban J connectivity index is 1.17. The van der Waals surface area contributed by atoms with Crippen molar-refractivity contribution in [1.82, 2.24) is 8.75 Å². The Hall–Kier alpha value is -3.58. The van der Waals surface area contributed by atoms with Gasteiger partial charge in [0.1, 0.15) is 45.7 Å². The molecule has 0 amide bonds. The summed E-state index contributed by atoms with van der Waals surface area (Å²) in [5.41, 5.74) is 4.99. The molecule has 2 unspecified atom stereocenters. The molecule has 7 rings (SSSR count). The molecule has 1 aliphatic rings. The topological polar surface area (TPSA) is 50.5 Å². The second-order valence-electron chi connectivity index (χ2n) is 14.8. The minimum atomic E-state index is -0.574. The van der Waals surface area contributed by atoms with Crippen molar-refractivity contribution in [2.24, 2.45) is 20.6 Å². The maximum atomic E-state index is 15.7. The molecule has 294 valence electrons. The van der Waals surface area contributed by atoms with E-state index in [1.807, 2.05) is 12.1 Å². The second kappa shape index (κ2) is 18.3. The number of nitrogens with zero attached hydrogens (tertiary/aromatic N) is 4. The van der Waals surface area contributed by atoms with Crippen LogP contribution in [-0.4, -0.2) is 8.75 Å². The van der Waals surface area contributed by atoms with E-state index in [0.717, 1.165) is 84.2 Å². The Labute approximate surface area is 342 Å². The largest absolute Gasteiger partial charge is 0.206 e. The number of thiophene rings is 2. The van der Waals surface area contributed by atoms with Crippen LogP contribution in [0, 0.1) is 35.1 Å². The highest BCUT2D eigenvalue weighted by Crippen LogP contribution is 2.55. The molecule has 12 heteroatoms. The summed E-state index contributed by atoms with van der Waals surface area (Å²) in [6.45, 7) is 8.72. The number of hydrogen-bond donors (Lipinski definition) is 0. The van der Waals surface area contributed by atoms with Crippen LogP contribution < -0.4 is 0 Å². The van der Waals surface area contributed by atoms with Crippen LogP contribution in [0.1, 0.15) is 103 Å². The van der Waals surface area contributed by atoms with E-state index in [2.05, 4.69) is 45.2 Å². The van der Waals surface area contributed by atoms with Crippen molar-refractivity contribution in [2.75, 3.05) is 0 Å². The highest BCUT2D eigenvalue weighted by molar-refractivity contribution is 7.58. The fraction of sp³-hybridized carbons (Fsp3) is 0.409. The van der Waals surface area contributed by atoms with Crippen LogP contribution in [0.25, 0.3) is 52.8 Å². The number of aromatic nitrogens is 2. The molecule has 1 aliphatic heterocycles. The smallest absolute Gasteiger partial charge is 0.135 e. The molecule has 0 aliphatic carbocycles. The summed E-state index contributed by atoms with van der Waals surface area (Å²) in [6, 6.07) is 13.0. The van der Waals surface area contributed by atoms with Gasteiger partial charge in [0.05, 0.1) is 34.2 Å². The zero-order chi connectivity index (χ0) is 39.3. The van der Waals surface area contributed by atoms with Gasteiger partial charge in [0.2, 0.25) is 0 Å². The molecule has 0 fully saturated rings. The van der Waals surface area contributed by atoms with Crippen molar-refractivity contribution < 1.29 is 17.6 Å². The molecule has 3 aromatic carbocycles. The lowest BCUT2D eigenvalue weighted by Crippen LogP contribution is -2.02. The number of unbranched alkanes of at least 4 members (excludes halogenated alkanes) is 2. The first-order chi connectivity index (χ1) is 27.2. The summed E-state index contributed by atoms with van der Waals surface area (Å²) in [4.78, 5) is 2.40. The van der Waals surface area contributed by atoms with E-state index in [1.165, 1.54) is 59.8 Å². The van der Waals surface area contributed by atoms with E-state index in [-0.39, 0.29) is 11.1 Å². The van der Waals surface area contributed by atoms with Crippen LogP contribution in [0.15, 0.2) is 57.3 Å². The summed E-state index contributed by atoms with van der Waals surface area (Å²) in [6.07, 6.45) is 12.1. The van der Waals surface area contributed by atoms with Gasteiger partial charge in [0.25, 0.3) is 0 Å². The fourth-order valence-electron chi connectivity index (χ4n) is 7.78. The van der Waals surface area contributed by atoms with Crippen LogP contribution in [-0.2, 0) is 24.2 Å². The minimum absolute atomic E-state index is 0.0457. The van der Waals surface area contributed by atoms with Crippen LogP contribution in [0.2, 0.25) is 0 Å². The predicted octanol–water partition coefficient (Wildman–Crippen LogP) is 16.1. The molecular formula is C44H46F4N4S4. The Morgan fingerprint density at radius 3 is 1.25 bits per heavy atom. The standard InChI is InChI=1S/C44H46F4N4S4/c1-5-9-11-25(7-3)13-15-27-21-29(45)37(30(46)22-27)33-17-19-35(53-33)39-41-43(51-55-49-41)40(44-42(39)50-56-52-44)36-20-18-34(54-36)38-31(47)23-28(24-32(38)48)16-14-26(8-4)12-10-6-2/h17-26H,5-16H2,1-4H3. The normalized spacial score (nSPS) is 13.4. The third kappa shape index (κ3) is 8.49.